The van der Waals surface area contributed by atoms with Crippen LogP contribution in [0.25, 0.3) is 21.5 Å². The Morgan fingerprint density at radius 1 is 1.07 bits per heavy atom. The van der Waals surface area contributed by atoms with Crippen LogP contribution in [0.15, 0.2) is 65.8 Å². The predicted molar refractivity (Wildman–Crippen MR) is 124 cm³/mol. The Morgan fingerprint density at radius 3 is 2.57 bits per heavy atom. The summed E-state index contributed by atoms with van der Waals surface area (Å²) in [6.07, 6.45) is 0. The molecule has 2 heterocycles. The van der Waals surface area contributed by atoms with E-state index in [1.807, 2.05) is 75.5 Å². The maximum Gasteiger partial charge on any atom is 0.233 e. The number of nitrogens with zero attached hydrogens (tertiary/aromatic N) is 4. The summed E-state index contributed by atoms with van der Waals surface area (Å²) in [5, 5.41) is 1.55. The van der Waals surface area contributed by atoms with Gasteiger partial charge < -0.3 is 4.90 Å². The Bertz CT molecular complexity index is 1140. The molecule has 1 amide bonds. The van der Waals surface area contributed by atoms with E-state index in [9.17, 15) is 4.79 Å². The van der Waals surface area contributed by atoms with Gasteiger partial charge in [0.05, 0.1) is 27.7 Å². The number of aryl methyl sites for hydroxylation is 1. The largest absolute Gasteiger partial charge is 0.336 e. The third-order valence-corrected chi connectivity index (χ3v) is 6.91. The molecule has 152 valence electrons. The lowest BCUT2D eigenvalue weighted by Gasteiger charge is -2.23. The Hall–Kier alpha value is -2.77. The molecule has 1 unspecified atom stereocenters. The van der Waals surface area contributed by atoms with Gasteiger partial charge in [0.2, 0.25) is 5.91 Å². The van der Waals surface area contributed by atoms with E-state index in [4.69, 9.17) is 0 Å². The second-order valence-electron chi connectivity index (χ2n) is 7.03. The molecule has 0 bridgehead atoms. The summed E-state index contributed by atoms with van der Waals surface area (Å²) in [7, 11) is 1.83. The van der Waals surface area contributed by atoms with E-state index in [1.165, 1.54) is 11.8 Å². The number of carbonyl (C=O) groups excluding carboxylic acids is 1. The third-order valence-electron chi connectivity index (χ3n) is 4.87. The van der Waals surface area contributed by atoms with Crippen molar-refractivity contribution in [1.29, 1.82) is 0 Å². The lowest BCUT2D eigenvalue weighted by molar-refractivity contribution is -0.128. The summed E-state index contributed by atoms with van der Waals surface area (Å²) in [6.45, 7) is 3.96. The van der Waals surface area contributed by atoms with Crippen LogP contribution < -0.4 is 0 Å². The monoisotopic (exact) mass is 434 g/mol. The average Bonchev–Trinajstić information content (AvgIpc) is 3.21. The van der Waals surface area contributed by atoms with E-state index in [0.717, 1.165) is 32.2 Å². The van der Waals surface area contributed by atoms with Crippen LogP contribution in [0, 0.1) is 6.92 Å². The number of carbonyl (C=O) groups is 1. The van der Waals surface area contributed by atoms with Gasteiger partial charge in [-0.2, -0.15) is 0 Å². The fraction of sp³-hybridized carbons (Fsp3) is 0.217. The highest BCUT2D eigenvalue weighted by Crippen LogP contribution is 2.29. The first-order valence-corrected chi connectivity index (χ1v) is 11.5. The molecule has 4 rings (SSSR count). The second-order valence-corrected chi connectivity index (χ2v) is 9.04. The van der Waals surface area contributed by atoms with Gasteiger partial charge in [0.25, 0.3) is 0 Å². The number of benzene rings is 2. The van der Waals surface area contributed by atoms with Gasteiger partial charge in [-0.15, -0.1) is 11.3 Å². The summed E-state index contributed by atoms with van der Waals surface area (Å²) in [6, 6.07) is 19.9. The maximum atomic E-state index is 12.8. The zero-order valence-electron chi connectivity index (χ0n) is 17.1. The number of amides is 1. The van der Waals surface area contributed by atoms with Gasteiger partial charge in [-0.05, 0) is 32.0 Å². The van der Waals surface area contributed by atoms with E-state index in [2.05, 4.69) is 21.0 Å². The SMILES string of the molecule is Cc1cc(-c2ccccc2)nc(SCC(=O)N(C)C(C)c2nc3ccccc3s2)n1. The lowest BCUT2D eigenvalue weighted by atomic mass is 10.1. The number of thioether (sulfide) groups is 1. The van der Waals surface area contributed by atoms with Crippen molar-refractivity contribution >= 4 is 39.2 Å². The van der Waals surface area contributed by atoms with Crippen molar-refractivity contribution in [2.24, 2.45) is 0 Å². The van der Waals surface area contributed by atoms with Crippen molar-refractivity contribution in [2.75, 3.05) is 12.8 Å². The molecule has 0 saturated heterocycles. The number of thiazole rings is 1. The first kappa shape index (κ1) is 20.5. The molecular weight excluding hydrogens is 412 g/mol. The number of hydrogen-bond acceptors (Lipinski definition) is 6. The van der Waals surface area contributed by atoms with E-state index in [0.29, 0.717) is 5.16 Å². The molecule has 2 aromatic carbocycles. The van der Waals surface area contributed by atoms with Gasteiger partial charge in [0.1, 0.15) is 5.01 Å². The smallest absolute Gasteiger partial charge is 0.233 e. The molecule has 30 heavy (non-hydrogen) atoms. The molecule has 2 aromatic heterocycles. The summed E-state index contributed by atoms with van der Waals surface area (Å²) < 4.78 is 1.14. The van der Waals surface area contributed by atoms with Crippen LogP contribution in [0.3, 0.4) is 0 Å². The maximum absolute atomic E-state index is 12.8. The van der Waals surface area contributed by atoms with Crippen LogP contribution >= 0.6 is 23.1 Å². The molecule has 5 nitrogen and oxygen atoms in total. The first-order chi connectivity index (χ1) is 14.5. The molecular formula is C23H22N4OS2. The third kappa shape index (κ3) is 4.52. The molecule has 1 atom stereocenters. The van der Waals surface area contributed by atoms with E-state index in [-0.39, 0.29) is 17.7 Å². The lowest BCUT2D eigenvalue weighted by Crippen LogP contribution is -2.31. The fourth-order valence-corrected chi connectivity index (χ4v) is 4.93. The normalized spacial score (nSPS) is 12.1. The minimum Gasteiger partial charge on any atom is -0.336 e. The summed E-state index contributed by atoms with van der Waals surface area (Å²) >= 11 is 3.00. The number of para-hydroxylation sites is 1. The molecule has 0 radical (unpaired) electrons. The molecule has 0 aliphatic carbocycles. The molecule has 0 N–H and O–H groups in total. The van der Waals surface area contributed by atoms with E-state index in [1.54, 1.807) is 16.2 Å². The summed E-state index contributed by atoms with van der Waals surface area (Å²) in [5.74, 6) is 0.307. The van der Waals surface area contributed by atoms with E-state index >= 15 is 0 Å². The van der Waals surface area contributed by atoms with Gasteiger partial charge in [0.15, 0.2) is 5.16 Å². The second kappa shape index (κ2) is 8.93. The number of aromatic nitrogens is 3. The highest BCUT2D eigenvalue weighted by atomic mass is 32.2. The quantitative estimate of drug-likeness (QED) is 0.301. The van der Waals surface area contributed by atoms with Crippen molar-refractivity contribution in [3.8, 4) is 11.3 Å². The van der Waals surface area contributed by atoms with Gasteiger partial charge >= 0.3 is 0 Å². The highest BCUT2D eigenvalue weighted by Gasteiger charge is 2.21. The average molecular weight is 435 g/mol. The molecule has 4 aromatic rings. The summed E-state index contributed by atoms with van der Waals surface area (Å²) in [4.78, 5) is 28.4. The summed E-state index contributed by atoms with van der Waals surface area (Å²) in [5.41, 5.74) is 3.77. The van der Waals surface area contributed by atoms with Crippen LogP contribution in [0.5, 0.6) is 0 Å². The Balaban J connectivity index is 1.44. The van der Waals surface area contributed by atoms with Gasteiger partial charge in [0, 0.05) is 18.3 Å². The fourth-order valence-electron chi connectivity index (χ4n) is 3.04. The van der Waals surface area contributed by atoms with Gasteiger partial charge in [-0.1, -0.05) is 54.2 Å². The molecule has 0 aliphatic rings. The van der Waals surface area contributed by atoms with Crippen LogP contribution in [-0.4, -0.2) is 38.6 Å². The minimum absolute atomic E-state index is 0.0260. The van der Waals surface area contributed by atoms with Crippen LogP contribution in [-0.2, 0) is 4.79 Å². The topological polar surface area (TPSA) is 59.0 Å². The molecule has 0 spiro atoms. The zero-order valence-corrected chi connectivity index (χ0v) is 18.7. The van der Waals surface area contributed by atoms with Crippen LogP contribution in [0.1, 0.15) is 23.7 Å². The zero-order chi connectivity index (χ0) is 21.1. The molecule has 0 aliphatic heterocycles. The first-order valence-electron chi connectivity index (χ1n) is 9.66. The van der Waals surface area contributed by atoms with Gasteiger partial charge in [-0.3, -0.25) is 4.79 Å². The number of fused-ring (bicyclic) bond motifs is 1. The number of rotatable bonds is 6. The molecule has 7 heteroatoms. The van der Waals surface area contributed by atoms with Crippen LogP contribution in [0.4, 0.5) is 0 Å². The Labute approximate surface area is 184 Å². The Morgan fingerprint density at radius 2 is 1.80 bits per heavy atom. The van der Waals surface area contributed by atoms with Crippen molar-refractivity contribution in [3.05, 3.63) is 71.4 Å². The minimum atomic E-state index is -0.0891. The number of hydrogen-bond donors (Lipinski definition) is 0. The van der Waals surface area contributed by atoms with E-state index < -0.39 is 0 Å². The highest BCUT2D eigenvalue weighted by molar-refractivity contribution is 7.99. The molecule has 0 fully saturated rings. The van der Waals surface area contributed by atoms with Crippen molar-refractivity contribution < 1.29 is 4.79 Å². The van der Waals surface area contributed by atoms with Gasteiger partial charge in [-0.25, -0.2) is 15.0 Å². The van der Waals surface area contributed by atoms with Crippen molar-refractivity contribution in [2.45, 2.75) is 25.0 Å². The standard InChI is InChI=1S/C23H22N4OS2/c1-15-13-19(17-9-5-4-6-10-17)26-23(24-15)29-14-21(28)27(3)16(2)22-25-18-11-7-8-12-20(18)30-22/h4-13,16H,14H2,1-3H3. The Kier molecular flexibility index (Phi) is 6.11. The predicted octanol–water partition coefficient (Wildman–Crippen LogP) is 5.37. The van der Waals surface area contributed by atoms with Crippen LogP contribution in [0.2, 0.25) is 0 Å². The molecule has 0 saturated carbocycles. The van der Waals surface area contributed by atoms with Crippen molar-refractivity contribution in [3.63, 3.8) is 0 Å². The van der Waals surface area contributed by atoms with Crippen molar-refractivity contribution in [1.82, 2.24) is 19.9 Å².